The van der Waals surface area contributed by atoms with E-state index in [0.717, 1.165) is 44.3 Å². The molecule has 1 amide bonds. The Morgan fingerprint density at radius 3 is 2.45 bits per heavy atom. The maximum Gasteiger partial charge on any atom is 0.242 e. The van der Waals surface area contributed by atoms with E-state index < -0.39 is 12.1 Å². The zero-order chi connectivity index (χ0) is 15.4. The van der Waals surface area contributed by atoms with E-state index in [1.165, 1.54) is 12.8 Å². The van der Waals surface area contributed by atoms with E-state index in [9.17, 15) is 9.90 Å². The second kappa shape index (κ2) is 7.20. The Morgan fingerprint density at radius 1 is 1.18 bits per heavy atom. The summed E-state index contributed by atoms with van der Waals surface area (Å²) in [6.07, 6.45) is 9.20. The highest BCUT2D eigenvalue weighted by molar-refractivity contribution is 5.83. The zero-order valence-corrected chi connectivity index (χ0v) is 12.9. The summed E-state index contributed by atoms with van der Waals surface area (Å²) in [7, 11) is 0. The van der Waals surface area contributed by atoms with Gasteiger partial charge in [0.05, 0.1) is 0 Å². The van der Waals surface area contributed by atoms with E-state index in [0.29, 0.717) is 6.04 Å². The van der Waals surface area contributed by atoms with Crippen molar-refractivity contribution in [2.24, 2.45) is 0 Å². The van der Waals surface area contributed by atoms with E-state index in [1.807, 2.05) is 4.90 Å². The van der Waals surface area contributed by atoms with Crippen molar-refractivity contribution in [3.63, 3.8) is 0 Å². The number of aliphatic hydroxyl groups excluding tert-OH is 1. The average molecular weight is 303 g/mol. The lowest BCUT2D eigenvalue weighted by atomic mass is 10.0. The van der Waals surface area contributed by atoms with Crippen molar-refractivity contribution in [3.8, 4) is 0 Å². The fraction of sp³-hybridized carbons (Fsp3) is 0.647. The Kier molecular flexibility index (Phi) is 5.05. The lowest BCUT2D eigenvalue weighted by Gasteiger charge is -2.30. The first kappa shape index (κ1) is 15.4. The molecule has 1 saturated heterocycles. The van der Waals surface area contributed by atoms with Gasteiger partial charge < -0.3 is 15.3 Å². The minimum atomic E-state index is -0.823. The van der Waals surface area contributed by atoms with Gasteiger partial charge in [-0.15, -0.1) is 0 Å². The lowest BCUT2D eigenvalue weighted by Crippen LogP contribution is -2.51. The van der Waals surface area contributed by atoms with E-state index in [1.54, 1.807) is 24.5 Å². The summed E-state index contributed by atoms with van der Waals surface area (Å²) in [6, 6.07) is 3.35. The number of amides is 1. The van der Waals surface area contributed by atoms with Gasteiger partial charge in [-0.1, -0.05) is 12.8 Å². The van der Waals surface area contributed by atoms with E-state index in [2.05, 4.69) is 10.3 Å². The molecule has 5 nitrogen and oxygen atoms in total. The topological polar surface area (TPSA) is 65.5 Å². The van der Waals surface area contributed by atoms with Crippen LogP contribution < -0.4 is 5.32 Å². The van der Waals surface area contributed by atoms with Crippen LogP contribution in [0.5, 0.6) is 0 Å². The van der Waals surface area contributed by atoms with Crippen LogP contribution in [0.4, 0.5) is 0 Å². The second-order valence-corrected chi connectivity index (χ2v) is 6.38. The van der Waals surface area contributed by atoms with Gasteiger partial charge in [0.2, 0.25) is 5.91 Å². The van der Waals surface area contributed by atoms with E-state index >= 15 is 0 Å². The van der Waals surface area contributed by atoms with Crippen LogP contribution >= 0.6 is 0 Å². The summed E-state index contributed by atoms with van der Waals surface area (Å²) in [4.78, 5) is 18.7. The number of carbonyl (C=O) groups is 1. The monoisotopic (exact) mass is 303 g/mol. The van der Waals surface area contributed by atoms with Crippen LogP contribution in [-0.2, 0) is 4.79 Å². The van der Waals surface area contributed by atoms with Gasteiger partial charge in [0, 0.05) is 31.5 Å². The Hall–Kier alpha value is -1.46. The molecule has 2 aliphatic rings. The van der Waals surface area contributed by atoms with Crippen LogP contribution in [0.1, 0.15) is 50.2 Å². The number of likely N-dealkylation sites (tertiary alicyclic amines) is 1. The molecule has 0 bridgehead atoms. The molecule has 22 heavy (non-hydrogen) atoms. The molecule has 2 atom stereocenters. The molecule has 120 valence electrons. The summed E-state index contributed by atoms with van der Waals surface area (Å²) >= 11 is 0. The van der Waals surface area contributed by atoms with Crippen LogP contribution in [-0.4, -0.2) is 46.1 Å². The number of hydrogen-bond donors (Lipinski definition) is 2. The van der Waals surface area contributed by atoms with Crippen molar-refractivity contribution in [1.82, 2.24) is 15.2 Å². The zero-order valence-electron chi connectivity index (χ0n) is 12.9. The number of aromatic nitrogens is 1. The first-order valence-corrected chi connectivity index (χ1v) is 8.38. The van der Waals surface area contributed by atoms with Gasteiger partial charge in [-0.2, -0.15) is 0 Å². The SMILES string of the molecule is O=C([C@H](NC1CCCC1)[C@@H](O)c1ccncc1)N1CCCC1. The van der Waals surface area contributed by atoms with Gasteiger partial charge >= 0.3 is 0 Å². The van der Waals surface area contributed by atoms with Gasteiger partial charge in [0.15, 0.2) is 0 Å². The molecule has 1 aromatic heterocycles. The molecular formula is C17H25N3O2. The molecule has 1 saturated carbocycles. The number of pyridine rings is 1. The largest absolute Gasteiger partial charge is 0.386 e. The Labute approximate surface area is 131 Å². The number of aliphatic hydroxyl groups is 1. The summed E-state index contributed by atoms with van der Waals surface area (Å²) in [5.41, 5.74) is 0.748. The normalized spacial score (nSPS) is 22.0. The van der Waals surface area contributed by atoms with Gasteiger partial charge in [-0.25, -0.2) is 0 Å². The highest BCUT2D eigenvalue weighted by atomic mass is 16.3. The van der Waals surface area contributed by atoms with Gasteiger partial charge in [0.25, 0.3) is 0 Å². The van der Waals surface area contributed by atoms with Crippen molar-refractivity contribution in [2.45, 2.75) is 56.7 Å². The van der Waals surface area contributed by atoms with Crippen molar-refractivity contribution in [2.75, 3.05) is 13.1 Å². The fourth-order valence-electron chi connectivity index (χ4n) is 3.53. The molecule has 1 aromatic rings. The molecule has 3 rings (SSSR count). The standard InChI is InChI=1S/C17H25N3O2/c21-16(13-7-9-18-10-8-13)15(19-14-5-1-2-6-14)17(22)20-11-3-4-12-20/h7-10,14-16,19,21H,1-6,11-12H2/t15-,16+/m1/s1. The minimum absolute atomic E-state index is 0.0358. The molecule has 0 spiro atoms. The predicted molar refractivity (Wildman–Crippen MR) is 84.2 cm³/mol. The second-order valence-electron chi connectivity index (χ2n) is 6.38. The molecule has 0 unspecified atom stereocenters. The minimum Gasteiger partial charge on any atom is -0.386 e. The third-order valence-electron chi connectivity index (χ3n) is 4.82. The predicted octanol–water partition coefficient (Wildman–Crippen LogP) is 1.64. The number of nitrogens with one attached hydrogen (secondary N) is 1. The van der Waals surface area contributed by atoms with Crippen molar-refractivity contribution >= 4 is 5.91 Å². The first-order chi connectivity index (χ1) is 10.8. The third-order valence-corrected chi connectivity index (χ3v) is 4.82. The number of rotatable bonds is 5. The molecule has 0 radical (unpaired) electrons. The first-order valence-electron chi connectivity index (χ1n) is 8.38. The Morgan fingerprint density at radius 2 is 1.82 bits per heavy atom. The summed E-state index contributed by atoms with van der Waals surface area (Å²) in [5, 5.41) is 14.2. The molecule has 2 N–H and O–H groups in total. The van der Waals surface area contributed by atoms with Crippen LogP contribution in [0.2, 0.25) is 0 Å². The van der Waals surface area contributed by atoms with Crippen LogP contribution in [0.15, 0.2) is 24.5 Å². The van der Waals surface area contributed by atoms with Crippen LogP contribution in [0.25, 0.3) is 0 Å². The van der Waals surface area contributed by atoms with Crippen molar-refractivity contribution in [3.05, 3.63) is 30.1 Å². The van der Waals surface area contributed by atoms with Gasteiger partial charge in [0.1, 0.15) is 12.1 Å². The third kappa shape index (κ3) is 3.47. The number of carbonyl (C=O) groups excluding carboxylic acids is 1. The highest BCUT2D eigenvalue weighted by Crippen LogP contribution is 2.24. The van der Waals surface area contributed by atoms with E-state index in [-0.39, 0.29) is 5.91 Å². The molecular weight excluding hydrogens is 278 g/mol. The summed E-state index contributed by atoms with van der Waals surface area (Å²) in [6.45, 7) is 1.62. The number of nitrogens with zero attached hydrogens (tertiary/aromatic N) is 2. The van der Waals surface area contributed by atoms with Gasteiger partial charge in [-0.3, -0.25) is 9.78 Å². The maximum atomic E-state index is 12.8. The molecule has 1 aliphatic carbocycles. The quantitative estimate of drug-likeness (QED) is 0.868. The Bertz CT molecular complexity index is 482. The highest BCUT2D eigenvalue weighted by Gasteiger charge is 2.34. The number of hydrogen-bond acceptors (Lipinski definition) is 4. The molecule has 0 aromatic carbocycles. The molecule has 2 fully saturated rings. The maximum absolute atomic E-state index is 12.8. The molecule has 5 heteroatoms. The van der Waals surface area contributed by atoms with Crippen molar-refractivity contribution < 1.29 is 9.90 Å². The Balaban J connectivity index is 1.76. The van der Waals surface area contributed by atoms with Crippen LogP contribution in [0, 0.1) is 0 Å². The fourth-order valence-corrected chi connectivity index (χ4v) is 3.53. The van der Waals surface area contributed by atoms with E-state index in [4.69, 9.17) is 0 Å². The smallest absolute Gasteiger partial charge is 0.242 e. The molecule has 2 heterocycles. The van der Waals surface area contributed by atoms with Gasteiger partial charge in [-0.05, 0) is 43.4 Å². The lowest BCUT2D eigenvalue weighted by molar-refractivity contribution is -0.135. The van der Waals surface area contributed by atoms with Crippen molar-refractivity contribution in [1.29, 1.82) is 0 Å². The summed E-state index contributed by atoms with van der Waals surface area (Å²) in [5.74, 6) is 0.0358. The average Bonchev–Trinajstić information content (AvgIpc) is 3.25. The van der Waals surface area contributed by atoms with Crippen LogP contribution in [0.3, 0.4) is 0 Å². The summed E-state index contributed by atoms with van der Waals surface area (Å²) < 4.78 is 0. The molecule has 1 aliphatic heterocycles.